The Morgan fingerprint density at radius 2 is 0.927 bits per heavy atom. The molecule has 11 aromatic rings. The number of nitrogens with zero attached hydrogens (tertiary/aromatic N) is 1. The molecule has 0 saturated carbocycles. The minimum atomic E-state index is 0.904. The van der Waals surface area contributed by atoms with Crippen molar-refractivity contribution in [2.24, 2.45) is 0 Å². The van der Waals surface area contributed by atoms with Gasteiger partial charge in [0, 0.05) is 48.0 Å². The van der Waals surface area contributed by atoms with Crippen LogP contribution in [0.1, 0.15) is 0 Å². The molecule has 0 amide bonds. The van der Waals surface area contributed by atoms with E-state index in [0.717, 1.165) is 44.6 Å². The van der Waals surface area contributed by atoms with E-state index in [9.17, 15) is 0 Å². The highest BCUT2D eigenvalue weighted by molar-refractivity contribution is 7.25. The van der Waals surface area contributed by atoms with E-state index in [-0.39, 0.29) is 0 Å². The van der Waals surface area contributed by atoms with Gasteiger partial charge in [-0.2, -0.15) is 0 Å². The number of anilines is 3. The molecule has 0 aliphatic heterocycles. The van der Waals surface area contributed by atoms with Gasteiger partial charge < -0.3 is 9.32 Å². The number of fused-ring (bicyclic) bond motifs is 7. The lowest BCUT2D eigenvalue weighted by Gasteiger charge is -2.26. The molecule has 258 valence electrons. The Morgan fingerprint density at radius 3 is 1.76 bits per heavy atom. The van der Waals surface area contributed by atoms with Crippen LogP contribution >= 0.6 is 11.3 Å². The number of furan rings is 1. The minimum Gasteiger partial charge on any atom is -0.456 e. The molecule has 3 heteroatoms. The van der Waals surface area contributed by atoms with Crippen LogP contribution < -0.4 is 4.90 Å². The maximum absolute atomic E-state index is 6.24. The Balaban J connectivity index is 1.03. The number of benzene rings is 9. The first-order valence-electron chi connectivity index (χ1n) is 18.7. The summed E-state index contributed by atoms with van der Waals surface area (Å²) in [6, 6.07) is 72.3. The predicted octanol–water partition coefficient (Wildman–Crippen LogP) is 15.6. The molecule has 2 aromatic heterocycles. The van der Waals surface area contributed by atoms with E-state index in [2.05, 4.69) is 193 Å². The van der Waals surface area contributed by atoms with E-state index in [1.807, 2.05) is 23.5 Å². The van der Waals surface area contributed by atoms with Gasteiger partial charge in [0.15, 0.2) is 0 Å². The zero-order valence-electron chi connectivity index (χ0n) is 29.8. The van der Waals surface area contributed by atoms with Gasteiger partial charge in [0.2, 0.25) is 0 Å². The van der Waals surface area contributed by atoms with Crippen molar-refractivity contribution in [1.29, 1.82) is 0 Å². The summed E-state index contributed by atoms with van der Waals surface area (Å²) in [5.41, 5.74) is 12.2. The van der Waals surface area contributed by atoms with E-state index in [1.165, 1.54) is 58.8 Å². The summed E-state index contributed by atoms with van der Waals surface area (Å²) in [5.74, 6) is 0. The second-order valence-corrected chi connectivity index (χ2v) is 15.2. The summed E-state index contributed by atoms with van der Waals surface area (Å²) in [4.78, 5) is 2.37. The third-order valence-electron chi connectivity index (χ3n) is 10.9. The average Bonchev–Trinajstić information content (AvgIpc) is 3.83. The van der Waals surface area contributed by atoms with Crippen molar-refractivity contribution in [1.82, 2.24) is 0 Å². The lowest BCUT2D eigenvalue weighted by Crippen LogP contribution is -2.10. The highest BCUT2D eigenvalue weighted by atomic mass is 32.1. The zero-order chi connectivity index (χ0) is 36.3. The Hall–Kier alpha value is -6.94. The molecule has 0 unspecified atom stereocenters. The third-order valence-corrected chi connectivity index (χ3v) is 12.0. The Morgan fingerprint density at radius 1 is 0.345 bits per heavy atom. The summed E-state index contributed by atoms with van der Waals surface area (Å²) in [6.45, 7) is 0. The zero-order valence-corrected chi connectivity index (χ0v) is 30.6. The van der Waals surface area contributed by atoms with Crippen molar-refractivity contribution in [3.63, 3.8) is 0 Å². The van der Waals surface area contributed by atoms with Crippen LogP contribution in [-0.2, 0) is 0 Å². The molecule has 2 heterocycles. The molecule has 0 aliphatic carbocycles. The molecule has 0 spiro atoms. The second kappa shape index (κ2) is 12.9. The van der Waals surface area contributed by atoms with Crippen molar-refractivity contribution >= 4 is 81.3 Å². The summed E-state index contributed by atoms with van der Waals surface area (Å²) < 4.78 is 8.87. The summed E-state index contributed by atoms with van der Waals surface area (Å²) in [5, 5.41) is 7.40. The number of thiophene rings is 1. The number of para-hydroxylation sites is 1. The first-order valence-corrected chi connectivity index (χ1v) is 19.5. The first-order chi connectivity index (χ1) is 27.2. The molecular weight excluding hydrogens is 687 g/mol. The Labute approximate surface area is 322 Å². The van der Waals surface area contributed by atoms with Crippen LogP contribution in [0.15, 0.2) is 205 Å². The fourth-order valence-corrected chi connectivity index (χ4v) is 9.34. The van der Waals surface area contributed by atoms with Crippen LogP contribution in [-0.4, -0.2) is 0 Å². The van der Waals surface area contributed by atoms with Gasteiger partial charge in [-0.05, 0) is 111 Å². The van der Waals surface area contributed by atoms with E-state index in [0.29, 0.717) is 0 Å². The molecule has 2 nitrogen and oxygen atoms in total. The molecule has 9 aromatic carbocycles. The fourth-order valence-electron chi connectivity index (χ4n) is 8.25. The standard InChI is InChI=1S/C52H33NOS/c1-2-14-42-34(10-1)11-8-17-43(42)35-22-27-39(28-23-35)53(40-29-24-36(25-30-40)44-18-9-20-49-52(44)46-16-3-5-19-48(46)54-49)41-13-7-12-37(32-41)38-26-31-51-47(33-38)45-15-4-6-21-50(45)55-51/h1-33H. The van der Waals surface area contributed by atoms with Crippen LogP contribution in [0.3, 0.4) is 0 Å². The topological polar surface area (TPSA) is 16.4 Å². The van der Waals surface area contributed by atoms with Crippen LogP contribution in [0.5, 0.6) is 0 Å². The normalized spacial score (nSPS) is 11.6. The van der Waals surface area contributed by atoms with Gasteiger partial charge in [0.25, 0.3) is 0 Å². The van der Waals surface area contributed by atoms with Crippen molar-refractivity contribution in [3.05, 3.63) is 200 Å². The molecular formula is C52H33NOS. The lowest BCUT2D eigenvalue weighted by molar-refractivity contribution is 0.669. The number of hydrogen-bond donors (Lipinski definition) is 0. The highest BCUT2D eigenvalue weighted by Crippen LogP contribution is 2.42. The van der Waals surface area contributed by atoms with Crippen molar-refractivity contribution in [3.8, 4) is 33.4 Å². The van der Waals surface area contributed by atoms with Crippen LogP contribution in [0.2, 0.25) is 0 Å². The van der Waals surface area contributed by atoms with Gasteiger partial charge in [-0.15, -0.1) is 11.3 Å². The third kappa shape index (κ3) is 5.40. The minimum absolute atomic E-state index is 0.904. The molecule has 0 saturated heterocycles. The van der Waals surface area contributed by atoms with Crippen LogP contribution in [0.4, 0.5) is 17.1 Å². The summed E-state index contributed by atoms with van der Waals surface area (Å²) in [7, 11) is 0. The van der Waals surface area contributed by atoms with E-state index < -0.39 is 0 Å². The summed E-state index contributed by atoms with van der Waals surface area (Å²) >= 11 is 1.86. The second-order valence-electron chi connectivity index (χ2n) is 14.1. The SMILES string of the molecule is c1cc(-c2ccc3sc4ccccc4c3c2)cc(N(c2ccc(-c3cccc4ccccc34)cc2)c2ccc(-c3cccc4oc5ccccc5c34)cc2)c1. The quantitative estimate of drug-likeness (QED) is 0.170. The van der Waals surface area contributed by atoms with Crippen molar-refractivity contribution in [2.45, 2.75) is 0 Å². The van der Waals surface area contributed by atoms with E-state index >= 15 is 0 Å². The van der Waals surface area contributed by atoms with Gasteiger partial charge in [-0.1, -0.05) is 133 Å². The number of rotatable bonds is 6. The summed E-state index contributed by atoms with van der Waals surface area (Å²) in [6.07, 6.45) is 0. The van der Waals surface area contributed by atoms with Crippen molar-refractivity contribution in [2.75, 3.05) is 4.90 Å². The maximum Gasteiger partial charge on any atom is 0.136 e. The Bertz CT molecular complexity index is 3200. The smallest absolute Gasteiger partial charge is 0.136 e. The molecule has 55 heavy (non-hydrogen) atoms. The Kier molecular flexibility index (Phi) is 7.39. The fraction of sp³-hybridized carbons (Fsp3) is 0. The van der Waals surface area contributed by atoms with Crippen LogP contribution in [0, 0.1) is 0 Å². The lowest BCUT2D eigenvalue weighted by atomic mass is 9.97. The first kappa shape index (κ1) is 31.6. The van der Waals surface area contributed by atoms with Gasteiger partial charge in [-0.25, -0.2) is 0 Å². The van der Waals surface area contributed by atoms with Gasteiger partial charge in [-0.3, -0.25) is 0 Å². The largest absolute Gasteiger partial charge is 0.456 e. The maximum atomic E-state index is 6.24. The molecule has 0 atom stereocenters. The highest BCUT2D eigenvalue weighted by Gasteiger charge is 2.17. The molecule has 0 radical (unpaired) electrons. The average molecular weight is 720 g/mol. The van der Waals surface area contributed by atoms with Crippen molar-refractivity contribution < 1.29 is 4.42 Å². The van der Waals surface area contributed by atoms with Crippen LogP contribution in [0.25, 0.3) is 86.3 Å². The molecule has 0 bridgehead atoms. The molecule has 0 fully saturated rings. The predicted molar refractivity (Wildman–Crippen MR) is 235 cm³/mol. The molecule has 0 aliphatic rings. The monoisotopic (exact) mass is 719 g/mol. The van der Waals surface area contributed by atoms with Gasteiger partial charge >= 0.3 is 0 Å². The van der Waals surface area contributed by atoms with Gasteiger partial charge in [0.05, 0.1) is 0 Å². The van der Waals surface area contributed by atoms with E-state index in [1.54, 1.807) is 0 Å². The van der Waals surface area contributed by atoms with Gasteiger partial charge in [0.1, 0.15) is 11.2 Å². The van der Waals surface area contributed by atoms with E-state index in [4.69, 9.17) is 4.42 Å². The molecule has 0 N–H and O–H groups in total. The molecule has 11 rings (SSSR count). The number of hydrogen-bond acceptors (Lipinski definition) is 3.